The number of amides is 1. The van der Waals surface area contributed by atoms with E-state index in [0.717, 1.165) is 31.6 Å². The number of ether oxygens (including phenoxy) is 1. The summed E-state index contributed by atoms with van der Waals surface area (Å²) in [5.74, 6) is 0.111. The molecule has 1 saturated heterocycles. The van der Waals surface area contributed by atoms with Gasteiger partial charge in [0.1, 0.15) is 6.04 Å². The predicted molar refractivity (Wildman–Crippen MR) is 76.3 cm³/mol. The molecular formula is C15H22N2O2. The van der Waals surface area contributed by atoms with Crippen LogP contribution in [0.3, 0.4) is 0 Å². The lowest BCUT2D eigenvalue weighted by Gasteiger charge is -2.30. The van der Waals surface area contributed by atoms with E-state index in [0.29, 0.717) is 13.2 Å². The van der Waals surface area contributed by atoms with Crippen molar-refractivity contribution in [2.75, 3.05) is 31.2 Å². The van der Waals surface area contributed by atoms with Crippen molar-refractivity contribution in [2.45, 2.75) is 25.8 Å². The largest absolute Gasteiger partial charge is 0.378 e. The van der Waals surface area contributed by atoms with Crippen molar-refractivity contribution in [3.8, 4) is 0 Å². The van der Waals surface area contributed by atoms with Gasteiger partial charge in [0.15, 0.2) is 0 Å². The second kappa shape index (κ2) is 7.26. The van der Waals surface area contributed by atoms with E-state index in [2.05, 4.69) is 12.2 Å². The van der Waals surface area contributed by atoms with Crippen LogP contribution in [0.4, 0.5) is 5.69 Å². The third-order valence-corrected chi connectivity index (χ3v) is 3.29. The fourth-order valence-corrected chi connectivity index (χ4v) is 2.20. The van der Waals surface area contributed by atoms with Crippen LogP contribution in [-0.2, 0) is 9.53 Å². The molecule has 0 bridgehead atoms. The zero-order valence-corrected chi connectivity index (χ0v) is 11.5. The number of rotatable bonds is 5. The van der Waals surface area contributed by atoms with Crippen LogP contribution in [0, 0.1) is 0 Å². The first-order valence-electron chi connectivity index (χ1n) is 7.00. The molecule has 19 heavy (non-hydrogen) atoms. The molecule has 1 unspecified atom stereocenters. The summed E-state index contributed by atoms with van der Waals surface area (Å²) in [6, 6.07) is 9.65. The van der Waals surface area contributed by atoms with Gasteiger partial charge in [0.25, 0.3) is 0 Å². The van der Waals surface area contributed by atoms with Crippen molar-refractivity contribution in [3.63, 3.8) is 0 Å². The van der Waals surface area contributed by atoms with Crippen molar-refractivity contribution in [1.29, 1.82) is 0 Å². The predicted octanol–water partition coefficient (Wildman–Crippen LogP) is 1.81. The summed E-state index contributed by atoms with van der Waals surface area (Å²) >= 11 is 0. The third kappa shape index (κ3) is 3.78. The molecule has 1 aromatic rings. The molecule has 0 aliphatic carbocycles. The van der Waals surface area contributed by atoms with Gasteiger partial charge >= 0.3 is 0 Å². The van der Waals surface area contributed by atoms with Crippen molar-refractivity contribution in [2.24, 2.45) is 0 Å². The molecular weight excluding hydrogens is 240 g/mol. The number of hydrogen-bond donors (Lipinski definition) is 1. The van der Waals surface area contributed by atoms with E-state index in [4.69, 9.17) is 4.74 Å². The summed E-state index contributed by atoms with van der Waals surface area (Å²) < 4.78 is 5.38. The molecule has 0 radical (unpaired) electrons. The Morgan fingerprint density at radius 2 is 2.21 bits per heavy atom. The van der Waals surface area contributed by atoms with E-state index < -0.39 is 0 Å². The lowest BCUT2D eigenvalue weighted by atomic mass is 10.2. The maximum absolute atomic E-state index is 12.6. The second-order valence-electron chi connectivity index (χ2n) is 4.76. The number of carbonyl (C=O) groups is 1. The van der Waals surface area contributed by atoms with Gasteiger partial charge in [-0.25, -0.2) is 0 Å². The minimum atomic E-state index is -0.217. The topological polar surface area (TPSA) is 41.6 Å². The highest BCUT2D eigenvalue weighted by Crippen LogP contribution is 2.16. The Bertz CT molecular complexity index is 388. The normalized spacial score (nSPS) is 19.1. The SMILES string of the molecule is CCCCN(C(=O)C1COCCN1)c1ccccc1. The Hall–Kier alpha value is -1.39. The Balaban J connectivity index is 2.10. The van der Waals surface area contributed by atoms with Crippen LogP contribution in [0.2, 0.25) is 0 Å². The van der Waals surface area contributed by atoms with Gasteiger partial charge in [-0.05, 0) is 18.6 Å². The van der Waals surface area contributed by atoms with Crippen molar-refractivity contribution in [1.82, 2.24) is 5.32 Å². The average molecular weight is 262 g/mol. The van der Waals surface area contributed by atoms with Crippen molar-refractivity contribution < 1.29 is 9.53 Å². The summed E-state index contributed by atoms with van der Waals surface area (Å²) in [6.07, 6.45) is 2.08. The van der Waals surface area contributed by atoms with Crippen LogP contribution < -0.4 is 10.2 Å². The molecule has 4 heteroatoms. The van der Waals surface area contributed by atoms with Gasteiger partial charge in [0.05, 0.1) is 13.2 Å². The molecule has 1 heterocycles. The van der Waals surface area contributed by atoms with Crippen LogP contribution in [0.5, 0.6) is 0 Å². The van der Waals surface area contributed by atoms with Gasteiger partial charge in [0, 0.05) is 18.8 Å². The summed E-state index contributed by atoms with van der Waals surface area (Å²) in [6.45, 7) is 4.79. The van der Waals surface area contributed by atoms with E-state index in [1.807, 2.05) is 35.2 Å². The number of unbranched alkanes of at least 4 members (excludes halogenated alkanes) is 1. The Labute approximate surface area is 114 Å². The lowest BCUT2D eigenvalue weighted by molar-refractivity contribution is -0.123. The number of morpholine rings is 1. The molecule has 0 spiro atoms. The van der Waals surface area contributed by atoms with Crippen LogP contribution in [0.25, 0.3) is 0 Å². The molecule has 1 fully saturated rings. The highest BCUT2D eigenvalue weighted by Gasteiger charge is 2.26. The van der Waals surface area contributed by atoms with E-state index in [1.54, 1.807) is 0 Å². The van der Waals surface area contributed by atoms with Gasteiger partial charge in [-0.3, -0.25) is 4.79 Å². The van der Waals surface area contributed by atoms with E-state index in [1.165, 1.54) is 0 Å². The molecule has 1 amide bonds. The summed E-state index contributed by atoms with van der Waals surface area (Å²) in [7, 11) is 0. The van der Waals surface area contributed by atoms with Crippen LogP contribution in [0.15, 0.2) is 30.3 Å². The number of nitrogens with one attached hydrogen (secondary N) is 1. The molecule has 104 valence electrons. The molecule has 1 aromatic carbocycles. The number of para-hydroxylation sites is 1. The summed E-state index contributed by atoms with van der Waals surface area (Å²) in [5.41, 5.74) is 0.966. The minimum Gasteiger partial charge on any atom is -0.378 e. The van der Waals surface area contributed by atoms with Gasteiger partial charge in [-0.2, -0.15) is 0 Å². The Morgan fingerprint density at radius 1 is 1.42 bits per heavy atom. The van der Waals surface area contributed by atoms with Gasteiger partial charge in [0.2, 0.25) is 5.91 Å². The average Bonchev–Trinajstić information content (AvgIpc) is 2.49. The molecule has 1 aliphatic heterocycles. The minimum absolute atomic E-state index is 0.111. The quantitative estimate of drug-likeness (QED) is 0.880. The number of nitrogens with zero attached hydrogens (tertiary/aromatic N) is 1. The first-order valence-corrected chi connectivity index (χ1v) is 7.00. The van der Waals surface area contributed by atoms with Crippen LogP contribution in [-0.4, -0.2) is 38.3 Å². The molecule has 1 N–H and O–H groups in total. The van der Waals surface area contributed by atoms with Crippen molar-refractivity contribution in [3.05, 3.63) is 30.3 Å². The second-order valence-corrected chi connectivity index (χ2v) is 4.76. The number of carbonyl (C=O) groups excluding carboxylic acids is 1. The Kier molecular flexibility index (Phi) is 5.36. The number of hydrogen-bond acceptors (Lipinski definition) is 3. The molecule has 1 atom stereocenters. The molecule has 2 rings (SSSR count). The third-order valence-electron chi connectivity index (χ3n) is 3.29. The monoisotopic (exact) mass is 262 g/mol. The zero-order valence-electron chi connectivity index (χ0n) is 11.5. The maximum atomic E-state index is 12.6. The van der Waals surface area contributed by atoms with Crippen LogP contribution in [0.1, 0.15) is 19.8 Å². The highest BCUT2D eigenvalue weighted by molar-refractivity contribution is 5.97. The number of anilines is 1. The van der Waals surface area contributed by atoms with Crippen molar-refractivity contribution >= 4 is 11.6 Å². The summed E-state index contributed by atoms with van der Waals surface area (Å²) in [4.78, 5) is 14.5. The van der Waals surface area contributed by atoms with E-state index in [-0.39, 0.29) is 11.9 Å². The molecule has 4 nitrogen and oxygen atoms in total. The highest BCUT2D eigenvalue weighted by atomic mass is 16.5. The zero-order chi connectivity index (χ0) is 13.5. The van der Waals surface area contributed by atoms with Gasteiger partial charge in [-0.1, -0.05) is 31.5 Å². The van der Waals surface area contributed by atoms with Crippen LogP contribution >= 0.6 is 0 Å². The van der Waals surface area contributed by atoms with E-state index in [9.17, 15) is 4.79 Å². The summed E-state index contributed by atoms with van der Waals surface area (Å²) in [5, 5.41) is 3.23. The molecule has 0 saturated carbocycles. The smallest absolute Gasteiger partial charge is 0.246 e. The standard InChI is InChI=1S/C15H22N2O2/c1-2-3-10-17(13-7-5-4-6-8-13)15(18)14-12-19-11-9-16-14/h4-8,14,16H,2-3,9-12H2,1H3. The Morgan fingerprint density at radius 3 is 2.84 bits per heavy atom. The lowest BCUT2D eigenvalue weighted by Crippen LogP contribution is -2.53. The van der Waals surface area contributed by atoms with Gasteiger partial charge < -0.3 is 15.0 Å². The first kappa shape index (κ1) is 14.0. The van der Waals surface area contributed by atoms with E-state index >= 15 is 0 Å². The fraction of sp³-hybridized carbons (Fsp3) is 0.533. The fourth-order valence-electron chi connectivity index (χ4n) is 2.20. The van der Waals surface area contributed by atoms with Gasteiger partial charge in [-0.15, -0.1) is 0 Å². The molecule has 1 aliphatic rings. The number of benzene rings is 1. The maximum Gasteiger partial charge on any atom is 0.246 e. The molecule has 0 aromatic heterocycles. The first-order chi connectivity index (χ1) is 9.33.